The minimum absolute atomic E-state index is 0.195. The van der Waals surface area contributed by atoms with Gasteiger partial charge in [0.1, 0.15) is 5.75 Å². The summed E-state index contributed by atoms with van der Waals surface area (Å²) in [5.74, 6) is 1.86. The Morgan fingerprint density at radius 1 is 0.763 bits per heavy atom. The van der Waals surface area contributed by atoms with Crippen molar-refractivity contribution in [1.82, 2.24) is 0 Å². The number of rotatable bonds is 10. The normalized spacial score (nSPS) is 25.5. The highest BCUT2D eigenvalue weighted by atomic mass is 16.5. The number of fused-ring (bicyclic) bond motifs is 1. The van der Waals surface area contributed by atoms with E-state index in [1.807, 2.05) is 12.1 Å². The summed E-state index contributed by atoms with van der Waals surface area (Å²) < 4.78 is 6.49. The fourth-order valence-electron chi connectivity index (χ4n) is 7.97. The fourth-order valence-corrected chi connectivity index (χ4v) is 7.97. The summed E-state index contributed by atoms with van der Waals surface area (Å²) in [7, 11) is 0. The van der Waals surface area contributed by atoms with Crippen molar-refractivity contribution in [3.05, 3.63) is 65.7 Å². The first-order valence-corrected chi connectivity index (χ1v) is 14.2. The number of carboxylic acid groups (broad SMARTS) is 2. The van der Waals surface area contributed by atoms with Gasteiger partial charge in [-0.3, -0.25) is 4.79 Å². The number of aromatic carboxylic acids is 1. The fraction of sp³-hybridized carbons (Fsp3) is 0.455. The summed E-state index contributed by atoms with van der Waals surface area (Å²) in [6.07, 6.45) is 10.6. The van der Waals surface area contributed by atoms with Gasteiger partial charge in [0.05, 0.1) is 12.2 Å². The topological polar surface area (TPSA) is 83.8 Å². The zero-order chi connectivity index (χ0) is 26.3. The summed E-state index contributed by atoms with van der Waals surface area (Å²) in [5.41, 5.74) is 3.95. The largest absolute Gasteiger partial charge is 0.493 e. The van der Waals surface area contributed by atoms with E-state index < -0.39 is 11.9 Å². The average Bonchev–Trinajstić information content (AvgIpc) is 2.89. The molecule has 0 spiro atoms. The molecule has 38 heavy (non-hydrogen) atoms. The van der Waals surface area contributed by atoms with E-state index in [9.17, 15) is 14.7 Å². The van der Waals surface area contributed by atoms with E-state index in [0.717, 1.165) is 52.9 Å². The summed E-state index contributed by atoms with van der Waals surface area (Å²) in [5, 5.41) is 20.5. The second-order valence-electron chi connectivity index (χ2n) is 12.0. The molecular formula is C33H36O5. The highest BCUT2D eigenvalue weighted by Gasteiger charge is 2.52. The number of aliphatic carboxylic acids is 1. The zero-order valence-corrected chi connectivity index (χ0v) is 21.8. The summed E-state index contributed by atoms with van der Waals surface area (Å²) in [6.45, 7) is 0.610. The van der Waals surface area contributed by atoms with Crippen LogP contribution in [0.15, 0.2) is 54.6 Å². The number of ether oxygens (including phenoxy) is 1. The molecular weight excluding hydrogens is 476 g/mol. The smallest absolute Gasteiger partial charge is 0.335 e. The monoisotopic (exact) mass is 512 g/mol. The Hall–Kier alpha value is -3.34. The molecule has 5 heteroatoms. The molecule has 0 amide bonds. The minimum atomic E-state index is -0.912. The van der Waals surface area contributed by atoms with Gasteiger partial charge in [0, 0.05) is 12.0 Å². The highest BCUT2D eigenvalue weighted by Crippen LogP contribution is 2.62. The molecule has 0 unspecified atom stereocenters. The second-order valence-corrected chi connectivity index (χ2v) is 12.0. The molecule has 4 bridgehead atoms. The molecule has 5 nitrogen and oxygen atoms in total. The Kier molecular flexibility index (Phi) is 6.63. The molecule has 0 heterocycles. The third-order valence-electron chi connectivity index (χ3n) is 9.31. The van der Waals surface area contributed by atoms with Crippen molar-refractivity contribution in [2.45, 2.75) is 69.6 Å². The van der Waals surface area contributed by atoms with E-state index in [-0.39, 0.29) is 11.8 Å². The molecule has 4 aliphatic rings. The van der Waals surface area contributed by atoms with Gasteiger partial charge in [-0.05, 0) is 133 Å². The van der Waals surface area contributed by atoms with E-state index >= 15 is 0 Å². The van der Waals surface area contributed by atoms with Crippen molar-refractivity contribution < 1.29 is 24.5 Å². The van der Waals surface area contributed by atoms with Gasteiger partial charge >= 0.3 is 11.9 Å². The Labute approximate surface area is 223 Å². The summed E-state index contributed by atoms with van der Waals surface area (Å²) in [6, 6.07) is 18.2. The molecule has 0 saturated heterocycles. The molecule has 7 rings (SSSR count). The van der Waals surface area contributed by atoms with E-state index in [0.29, 0.717) is 18.6 Å². The van der Waals surface area contributed by atoms with Gasteiger partial charge in [0.15, 0.2) is 0 Å². The van der Waals surface area contributed by atoms with Crippen LogP contribution in [-0.2, 0) is 10.2 Å². The van der Waals surface area contributed by atoms with Crippen LogP contribution in [0.2, 0.25) is 0 Å². The molecule has 3 aromatic rings. The van der Waals surface area contributed by atoms with Crippen LogP contribution < -0.4 is 4.74 Å². The molecule has 0 atom stereocenters. The van der Waals surface area contributed by atoms with Crippen molar-refractivity contribution >= 4 is 22.7 Å². The maximum absolute atomic E-state index is 11.3. The van der Waals surface area contributed by atoms with E-state index in [2.05, 4.69) is 30.3 Å². The van der Waals surface area contributed by atoms with Gasteiger partial charge in [-0.25, -0.2) is 4.79 Å². The Bertz CT molecular complexity index is 1320. The lowest BCUT2D eigenvalue weighted by molar-refractivity contribution is -0.137. The maximum atomic E-state index is 11.3. The van der Waals surface area contributed by atoms with Gasteiger partial charge in [-0.2, -0.15) is 0 Å². The van der Waals surface area contributed by atoms with Gasteiger partial charge in [-0.15, -0.1) is 0 Å². The van der Waals surface area contributed by atoms with Crippen LogP contribution in [-0.4, -0.2) is 28.8 Å². The molecule has 0 aromatic heterocycles. The molecule has 3 aromatic carbocycles. The van der Waals surface area contributed by atoms with E-state index in [1.54, 1.807) is 12.1 Å². The summed E-state index contributed by atoms with van der Waals surface area (Å²) >= 11 is 0. The van der Waals surface area contributed by atoms with E-state index in [1.165, 1.54) is 49.5 Å². The van der Waals surface area contributed by atoms with Crippen LogP contribution in [0.1, 0.15) is 80.1 Å². The molecule has 4 aliphatic carbocycles. The number of hydrogen-bond acceptors (Lipinski definition) is 3. The Morgan fingerprint density at radius 3 is 2.05 bits per heavy atom. The van der Waals surface area contributed by atoms with Crippen molar-refractivity contribution in [3.8, 4) is 16.9 Å². The highest BCUT2D eigenvalue weighted by molar-refractivity contribution is 5.91. The molecule has 0 radical (unpaired) electrons. The van der Waals surface area contributed by atoms with Crippen molar-refractivity contribution in [2.24, 2.45) is 17.8 Å². The van der Waals surface area contributed by atoms with Gasteiger partial charge in [0.25, 0.3) is 0 Å². The number of benzene rings is 3. The maximum Gasteiger partial charge on any atom is 0.335 e. The van der Waals surface area contributed by atoms with Gasteiger partial charge in [0.2, 0.25) is 0 Å². The minimum Gasteiger partial charge on any atom is -0.493 e. The van der Waals surface area contributed by atoms with Crippen LogP contribution in [0.3, 0.4) is 0 Å². The van der Waals surface area contributed by atoms with Gasteiger partial charge < -0.3 is 14.9 Å². The third kappa shape index (κ3) is 4.91. The number of carboxylic acids is 2. The first-order chi connectivity index (χ1) is 18.4. The molecule has 4 saturated carbocycles. The second kappa shape index (κ2) is 10.1. The first kappa shape index (κ1) is 25.0. The van der Waals surface area contributed by atoms with Crippen LogP contribution in [0.25, 0.3) is 21.9 Å². The molecule has 2 N–H and O–H groups in total. The van der Waals surface area contributed by atoms with Crippen molar-refractivity contribution in [1.29, 1.82) is 0 Å². The lowest BCUT2D eigenvalue weighted by Crippen LogP contribution is -2.48. The standard InChI is InChI=1S/C33H36O5/c34-31(35)4-2-1-3-11-38-30-17-27-10-9-26(24-5-7-25(8-6-24)32(36)37)15-28(27)16-29(30)33-18-21-12-22(19-33)14-23(13-21)20-33/h5-10,15-17,21-23H,1-4,11-14,18-20H2,(H,34,35)(H,36,37). The number of unbranched alkanes of at least 4 members (excludes halogenated alkanes) is 2. The van der Waals surface area contributed by atoms with Crippen LogP contribution >= 0.6 is 0 Å². The van der Waals surface area contributed by atoms with Crippen LogP contribution in [0.4, 0.5) is 0 Å². The van der Waals surface area contributed by atoms with Gasteiger partial charge in [-0.1, -0.05) is 24.3 Å². The Morgan fingerprint density at radius 2 is 1.42 bits per heavy atom. The van der Waals surface area contributed by atoms with Crippen molar-refractivity contribution in [2.75, 3.05) is 6.61 Å². The van der Waals surface area contributed by atoms with Crippen molar-refractivity contribution in [3.63, 3.8) is 0 Å². The zero-order valence-electron chi connectivity index (χ0n) is 21.8. The average molecular weight is 513 g/mol. The molecule has 198 valence electrons. The number of carbonyl (C=O) groups is 2. The van der Waals surface area contributed by atoms with E-state index in [4.69, 9.17) is 9.84 Å². The predicted molar refractivity (Wildman–Crippen MR) is 148 cm³/mol. The lowest BCUT2D eigenvalue weighted by Gasteiger charge is -2.57. The first-order valence-electron chi connectivity index (χ1n) is 14.2. The summed E-state index contributed by atoms with van der Waals surface area (Å²) in [4.78, 5) is 22.1. The predicted octanol–water partition coefficient (Wildman–Crippen LogP) is 7.70. The Balaban J connectivity index is 1.33. The third-order valence-corrected chi connectivity index (χ3v) is 9.31. The quantitative estimate of drug-likeness (QED) is 0.272. The number of hydrogen-bond donors (Lipinski definition) is 2. The van der Waals surface area contributed by atoms with Crippen LogP contribution in [0.5, 0.6) is 5.75 Å². The molecule has 0 aliphatic heterocycles. The lowest BCUT2D eigenvalue weighted by atomic mass is 9.48. The SMILES string of the molecule is O=C(O)CCCCCOc1cc2ccc(-c3ccc(C(=O)O)cc3)cc2cc1C12CC3CC(CC(C3)C1)C2. The molecule has 4 fully saturated rings. The van der Waals surface area contributed by atoms with Crippen LogP contribution in [0, 0.1) is 17.8 Å².